The van der Waals surface area contributed by atoms with Gasteiger partial charge in [-0.15, -0.1) is 0 Å². The lowest BCUT2D eigenvalue weighted by atomic mass is 10.2. The number of hydrogen-bond acceptors (Lipinski definition) is 6. The Labute approximate surface area is 158 Å². The van der Waals surface area contributed by atoms with Gasteiger partial charge in [-0.2, -0.15) is 0 Å². The van der Waals surface area contributed by atoms with E-state index in [1.165, 1.54) is 55.6 Å². The number of carbonyl (C=O) groups is 1. The fraction of sp³-hybridized carbons (Fsp3) is 0.235. The fourth-order valence-electron chi connectivity index (χ4n) is 2.18. The largest absolute Gasteiger partial charge is 0.465 e. The van der Waals surface area contributed by atoms with Gasteiger partial charge in [-0.25, -0.2) is 26.4 Å². The van der Waals surface area contributed by atoms with Crippen molar-refractivity contribution in [2.24, 2.45) is 0 Å². The van der Waals surface area contributed by atoms with Crippen LogP contribution in [0.3, 0.4) is 0 Å². The van der Waals surface area contributed by atoms with E-state index in [0.717, 1.165) is 0 Å². The van der Waals surface area contributed by atoms with E-state index in [0.29, 0.717) is 0 Å². The maximum absolute atomic E-state index is 12.4. The molecule has 0 saturated carbocycles. The molecule has 146 valence electrons. The van der Waals surface area contributed by atoms with Crippen molar-refractivity contribution in [3.63, 3.8) is 0 Å². The van der Waals surface area contributed by atoms with Gasteiger partial charge >= 0.3 is 5.97 Å². The van der Waals surface area contributed by atoms with Crippen molar-refractivity contribution in [2.45, 2.75) is 29.7 Å². The van der Waals surface area contributed by atoms with Crippen LogP contribution in [0, 0.1) is 0 Å². The molecule has 27 heavy (non-hydrogen) atoms. The molecule has 0 bridgehead atoms. The van der Waals surface area contributed by atoms with E-state index >= 15 is 0 Å². The molecule has 0 aromatic heterocycles. The molecule has 2 aromatic carbocycles. The molecular formula is C17H20N2O6S2. The average molecular weight is 412 g/mol. The second kappa shape index (κ2) is 8.07. The van der Waals surface area contributed by atoms with Crippen LogP contribution < -0.4 is 9.44 Å². The molecule has 0 aliphatic rings. The van der Waals surface area contributed by atoms with Crippen LogP contribution in [-0.4, -0.2) is 36.0 Å². The van der Waals surface area contributed by atoms with Crippen molar-refractivity contribution in [3.05, 3.63) is 54.1 Å². The molecule has 0 heterocycles. The highest BCUT2D eigenvalue weighted by Crippen LogP contribution is 2.19. The molecule has 0 atom stereocenters. The Morgan fingerprint density at radius 3 is 1.81 bits per heavy atom. The fourth-order valence-corrected chi connectivity index (χ4v) is 4.49. The van der Waals surface area contributed by atoms with E-state index in [1.807, 2.05) is 0 Å². The van der Waals surface area contributed by atoms with E-state index in [9.17, 15) is 21.6 Å². The number of carbonyl (C=O) groups excluding carboxylic acids is 1. The molecule has 0 aliphatic heterocycles. The van der Waals surface area contributed by atoms with Crippen LogP contribution in [0.1, 0.15) is 24.2 Å². The molecule has 2 rings (SSSR count). The zero-order chi connectivity index (χ0) is 20.2. The molecule has 0 spiro atoms. The van der Waals surface area contributed by atoms with Gasteiger partial charge < -0.3 is 4.74 Å². The quantitative estimate of drug-likeness (QED) is 0.671. The Morgan fingerprint density at radius 1 is 0.852 bits per heavy atom. The van der Waals surface area contributed by atoms with E-state index in [2.05, 4.69) is 14.2 Å². The van der Waals surface area contributed by atoms with Crippen LogP contribution in [0.15, 0.2) is 58.3 Å². The molecule has 2 N–H and O–H groups in total. The SMILES string of the molecule is COC(=O)c1ccc(S(=O)(=O)Nc2ccc(S(=O)(=O)NC(C)C)cc2)cc1. The third kappa shape index (κ3) is 5.28. The molecule has 0 amide bonds. The number of sulfonamides is 2. The third-order valence-electron chi connectivity index (χ3n) is 3.39. The van der Waals surface area contributed by atoms with Crippen molar-refractivity contribution in [3.8, 4) is 0 Å². The summed E-state index contributed by atoms with van der Waals surface area (Å²) in [5.41, 5.74) is 0.430. The van der Waals surface area contributed by atoms with Crippen LogP contribution in [0.4, 0.5) is 5.69 Å². The number of benzene rings is 2. The predicted molar refractivity (Wildman–Crippen MR) is 100 cm³/mol. The van der Waals surface area contributed by atoms with Crippen molar-refractivity contribution < 1.29 is 26.4 Å². The van der Waals surface area contributed by atoms with Crippen molar-refractivity contribution in [2.75, 3.05) is 11.8 Å². The third-order valence-corrected chi connectivity index (χ3v) is 6.47. The lowest BCUT2D eigenvalue weighted by Gasteiger charge is -2.11. The maximum atomic E-state index is 12.4. The molecule has 0 saturated heterocycles. The number of ether oxygens (including phenoxy) is 1. The first kappa shape index (κ1) is 20.9. The number of hydrogen-bond donors (Lipinski definition) is 2. The predicted octanol–water partition coefficient (Wildman–Crippen LogP) is 1.96. The molecule has 0 unspecified atom stereocenters. The van der Waals surface area contributed by atoms with Gasteiger partial charge in [0.15, 0.2) is 0 Å². The van der Waals surface area contributed by atoms with Crippen LogP contribution >= 0.6 is 0 Å². The highest BCUT2D eigenvalue weighted by molar-refractivity contribution is 7.92. The Morgan fingerprint density at radius 2 is 1.33 bits per heavy atom. The highest BCUT2D eigenvalue weighted by atomic mass is 32.2. The summed E-state index contributed by atoms with van der Waals surface area (Å²) in [6.45, 7) is 3.40. The summed E-state index contributed by atoms with van der Waals surface area (Å²) in [7, 11) is -6.32. The van der Waals surface area contributed by atoms with Crippen LogP contribution in [0.2, 0.25) is 0 Å². The second-order valence-electron chi connectivity index (χ2n) is 5.92. The first-order chi connectivity index (χ1) is 12.5. The minimum Gasteiger partial charge on any atom is -0.465 e. The van der Waals surface area contributed by atoms with Gasteiger partial charge in [0.05, 0.1) is 22.5 Å². The number of esters is 1. The average Bonchev–Trinajstić information content (AvgIpc) is 2.60. The Balaban J connectivity index is 2.19. The summed E-state index contributed by atoms with van der Waals surface area (Å²) in [5, 5.41) is 0. The number of rotatable bonds is 7. The smallest absolute Gasteiger partial charge is 0.337 e. The molecule has 10 heteroatoms. The zero-order valence-electron chi connectivity index (χ0n) is 15.0. The molecule has 8 nitrogen and oxygen atoms in total. The number of nitrogens with one attached hydrogen (secondary N) is 2. The van der Waals surface area contributed by atoms with Gasteiger partial charge in [0.2, 0.25) is 10.0 Å². The lowest BCUT2D eigenvalue weighted by Crippen LogP contribution is -2.30. The summed E-state index contributed by atoms with van der Waals surface area (Å²) >= 11 is 0. The summed E-state index contributed by atoms with van der Waals surface area (Å²) < 4.78 is 58.4. The lowest BCUT2D eigenvalue weighted by molar-refractivity contribution is 0.0600. The van der Waals surface area contributed by atoms with Crippen molar-refractivity contribution in [1.82, 2.24) is 4.72 Å². The molecule has 0 aliphatic carbocycles. The molecule has 0 fully saturated rings. The topological polar surface area (TPSA) is 119 Å². The van der Waals surface area contributed by atoms with Crippen molar-refractivity contribution >= 4 is 31.7 Å². The maximum Gasteiger partial charge on any atom is 0.337 e. The Hall–Kier alpha value is -2.43. The van der Waals surface area contributed by atoms with E-state index in [-0.39, 0.29) is 27.1 Å². The van der Waals surface area contributed by atoms with Gasteiger partial charge in [0.25, 0.3) is 10.0 Å². The molecule has 2 aromatic rings. The van der Waals surface area contributed by atoms with Gasteiger partial charge in [0, 0.05) is 11.7 Å². The molecular weight excluding hydrogens is 392 g/mol. The molecule has 0 radical (unpaired) electrons. The zero-order valence-corrected chi connectivity index (χ0v) is 16.6. The summed E-state index contributed by atoms with van der Waals surface area (Å²) in [5.74, 6) is -0.571. The van der Waals surface area contributed by atoms with Crippen LogP contribution in [0.5, 0.6) is 0 Å². The first-order valence-electron chi connectivity index (χ1n) is 7.89. The second-order valence-corrected chi connectivity index (χ2v) is 9.32. The summed E-state index contributed by atoms with van der Waals surface area (Å²) in [4.78, 5) is 11.4. The van der Waals surface area contributed by atoms with E-state index in [1.54, 1.807) is 13.8 Å². The minimum absolute atomic E-state index is 0.0292. The highest BCUT2D eigenvalue weighted by Gasteiger charge is 2.18. The normalized spacial score (nSPS) is 12.0. The monoisotopic (exact) mass is 412 g/mol. The van der Waals surface area contributed by atoms with Crippen LogP contribution in [-0.2, 0) is 24.8 Å². The minimum atomic E-state index is -3.90. The first-order valence-corrected chi connectivity index (χ1v) is 10.9. The van der Waals surface area contributed by atoms with Crippen LogP contribution in [0.25, 0.3) is 0 Å². The standard InChI is InChI=1S/C17H20N2O6S2/c1-12(2)18-26(21,22)16-10-6-14(7-11-16)19-27(23,24)15-8-4-13(5-9-15)17(20)25-3/h4-12,18-19H,1-3H3. The van der Waals surface area contributed by atoms with Crippen molar-refractivity contribution in [1.29, 1.82) is 0 Å². The summed E-state index contributed by atoms with van der Waals surface area (Å²) in [6.07, 6.45) is 0. The van der Waals surface area contributed by atoms with E-state index < -0.39 is 26.0 Å². The number of methoxy groups -OCH3 is 1. The Bertz CT molecular complexity index is 1010. The van der Waals surface area contributed by atoms with Gasteiger partial charge in [-0.05, 0) is 62.4 Å². The van der Waals surface area contributed by atoms with Gasteiger partial charge in [-0.3, -0.25) is 4.72 Å². The Kier molecular flexibility index (Phi) is 6.24. The van der Waals surface area contributed by atoms with Gasteiger partial charge in [-0.1, -0.05) is 0 Å². The van der Waals surface area contributed by atoms with Gasteiger partial charge in [0.1, 0.15) is 0 Å². The summed E-state index contributed by atoms with van der Waals surface area (Å²) in [6, 6.07) is 10.3. The number of anilines is 1. The van der Waals surface area contributed by atoms with E-state index in [4.69, 9.17) is 0 Å².